The Morgan fingerprint density at radius 1 is 0.627 bits per heavy atom. The second-order valence-corrected chi connectivity index (χ2v) is 13.6. The minimum absolute atomic E-state index is 0.0952. The van der Waals surface area contributed by atoms with Crippen LogP contribution in [0.15, 0.2) is 85.1 Å². The van der Waals surface area contributed by atoms with Crippen molar-refractivity contribution in [2.45, 2.75) is 148 Å². The number of ether oxygens (including phenoxy) is 2. The van der Waals surface area contributed by atoms with Crippen LogP contribution in [0.2, 0.25) is 0 Å². The molecule has 0 saturated carbocycles. The molecular weight excluding hydrogens is 667 g/mol. The van der Waals surface area contributed by atoms with Crippen LogP contribution < -0.4 is 0 Å². The Kier molecular flexibility index (Phi) is 33.6. The van der Waals surface area contributed by atoms with Gasteiger partial charge in [-0.15, -0.1) is 0 Å². The van der Waals surface area contributed by atoms with Gasteiger partial charge in [-0.1, -0.05) is 131 Å². The molecular formula is C41H67O9P. The largest absolute Gasteiger partial charge is 0.469 e. The minimum Gasteiger partial charge on any atom is -0.462 e. The molecule has 0 unspecified atom stereocenters. The number of hydrogen-bond acceptors (Lipinski definition) is 7. The summed E-state index contributed by atoms with van der Waals surface area (Å²) < 4.78 is 26.2. The van der Waals surface area contributed by atoms with Crippen molar-refractivity contribution in [3.8, 4) is 0 Å². The van der Waals surface area contributed by atoms with Crippen molar-refractivity contribution in [3.05, 3.63) is 85.1 Å². The number of phosphoric acid groups is 1. The standard InChI is InChI=1S/C41H67O9P/c1-3-5-7-9-11-12-13-14-15-16-17-18-22-26-30-34-40(43)48-36-39(37-49-51(45,46)47)50-41(44)35-31-27-23-20-19-21-25-29-33-38(42)32-28-24-10-8-6-4-2/h5,7,11-12,14-15,20-21,23-25,28-29,33,38-39,42H,3-4,6,8-10,13,16-19,22,26-27,30-32,34-37H2,1-2H3,(H2,45,46,47)/b7-5-,12-11-,15-14-,23-20-,25-21-,28-24-,33-29+/t38-,39+/m0/s1. The summed E-state index contributed by atoms with van der Waals surface area (Å²) in [4.78, 5) is 42.7. The van der Waals surface area contributed by atoms with E-state index in [0.29, 0.717) is 32.1 Å². The molecule has 0 spiro atoms. The van der Waals surface area contributed by atoms with Gasteiger partial charge >= 0.3 is 19.8 Å². The first-order valence-corrected chi connectivity index (χ1v) is 20.5. The maximum absolute atomic E-state index is 12.3. The van der Waals surface area contributed by atoms with Crippen LogP contribution in [0.1, 0.15) is 136 Å². The molecule has 9 nitrogen and oxygen atoms in total. The van der Waals surface area contributed by atoms with Crippen LogP contribution in [0.3, 0.4) is 0 Å². The first-order chi connectivity index (χ1) is 24.7. The first kappa shape index (κ1) is 48.2. The van der Waals surface area contributed by atoms with E-state index in [1.165, 1.54) is 19.3 Å². The summed E-state index contributed by atoms with van der Waals surface area (Å²) in [5, 5.41) is 9.98. The number of unbranched alkanes of at least 4 members (excludes halogenated alkanes) is 9. The lowest BCUT2D eigenvalue weighted by Gasteiger charge is -2.18. The average Bonchev–Trinajstić information content (AvgIpc) is 3.09. The van der Waals surface area contributed by atoms with Crippen LogP contribution in [0.4, 0.5) is 0 Å². The Bertz CT molecular complexity index is 1110. The van der Waals surface area contributed by atoms with E-state index in [1.54, 1.807) is 6.08 Å². The monoisotopic (exact) mass is 734 g/mol. The average molecular weight is 735 g/mol. The Balaban J connectivity index is 4.19. The number of carbonyl (C=O) groups is 2. The first-order valence-electron chi connectivity index (χ1n) is 19.0. The summed E-state index contributed by atoms with van der Waals surface area (Å²) in [5.41, 5.74) is 0. The van der Waals surface area contributed by atoms with Crippen molar-refractivity contribution in [1.29, 1.82) is 0 Å². The molecule has 0 aliphatic heterocycles. The lowest BCUT2D eigenvalue weighted by atomic mass is 10.1. The number of aliphatic hydroxyl groups excluding tert-OH is 1. The molecule has 3 N–H and O–H groups in total. The number of esters is 2. The fourth-order valence-electron chi connectivity index (χ4n) is 4.64. The zero-order valence-corrected chi connectivity index (χ0v) is 32.2. The summed E-state index contributed by atoms with van der Waals surface area (Å²) >= 11 is 0. The summed E-state index contributed by atoms with van der Waals surface area (Å²) in [6, 6.07) is 0. The molecule has 0 heterocycles. The highest BCUT2D eigenvalue weighted by Gasteiger charge is 2.22. The zero-order chi connectivity index (χ0) is 37.7. The molecule has 290 valence electrons. The van der Waals surface area contributed by atoms with Crippen LogP contribution in [0.5, 0.6) is 0 Å². The van der Waals surface area contributed by atoms with E-state index in [0.717, 1.165) is 57.8 Å². The lowest BCUT2D eigenvalue weighted by molar-refractivity contribution is -0.161. The van der Waals surface area contributed by atoms with Crippen molar-refractivity contribution >= 4 is 19.8 Å². The van der Waals surface area contributed by atoms with Gasteiger partial charge in [-0.2, -0.15) is 0 Å². The smallest absolute Gasteiger partial charge is 0.462 e. The van der Waals surface area contributed by atoms with Gasteiger partial charge in [0.1, 0.15) is 6.61 Å². The normalized spacial score (nSPS) is 14.1. The third-order valence-electron chi connectivity index (χ3n) is 7.48. The van der Waals surface area contributed by atoms with Crippen molar-refractivity contribution in [2.24, 2.45) is 0 Å². The molecule has 0 aliphatic rings. The molecule has 0 amide bonds. The van der Waals surface area contributed by atoms with E-state index in [9.17, 15) is 19.3 Å². The second-order valence-electron chi connectivity index (χ2n) is 12.4. The van der Waals surface area contributed by atoms with Crippen LogP contribution in [-0.2, 0) is 28.2 Å². The third kappa shape index (κ3) is 38.3. The van der Waals surface area contributed by atoms with E-state index in [1.807, 2.05) is 36.5 Å². The van der Waals surface area contributed by atoms with Gasteiger partial charge < -0.3 is 24.4 Å². The molecule has 10 heteroatoms. The predicted octanol–water partition coefficient (Wildman–Crippen LogP) is 10.3. The van der Waals surface area contributed by atoms with Crippen LogP contribution in [-0.4, -0.2) is 52.3 Å². The third-order valence-corrected chi connectivity index (χ3v) is 7.96. The lowest BCUT2D eigenvalue weighted by Crippen LogP contribution is -2.29. The fraction of sp³-hybridized carbons (Fsp3) is 0.610. The molecule has 0 radical (unpaired) electrons. The van der Waals surface area contributed by atoms with E-state index < -0.39 is 38.6 Å². The number of hydrogen-bond donors (Lipinski definition) is 3. The summed E-state index contributed by atoms with van der Waals surface area (Å²) in [6.07, 6.45) is 43.3. The SMILES string of the molecule is CC/C=C\C/C=C\C/C=C\CCCCCCCC(=O)OC[C@H](COP(=O)(O)O)OC(=O)CCC/C=C\C/C=C\C=C\[C@@H](O)C/C=C\CCCCC. The van der Waals surface area contributed by atoms with E-state index in [2.05, 4.69) is 60.9 Å². The Morgan fingerprint density at radius 3 is 1.88 bits per heavy atom. The molecule has 2 atom stereocenters. The molecule has 0 rings (SSSR count). The molecule has 0 aromatic rings. The van der Waals surface area contributed by atoms with Gasteiger partial charge in [0.2, 0.25) is 0 Å². The van der Waals surface area contributed by atoms with Gasteiger partial charge in [-0.25, -0.2) is 4.57 Å². The molecule has 0 fully saturated rings. The molecule has 0 aliphatic carbocycles. The van der Waals surface area contributed by atoms with Crippen LogP contribution in [0, 0.1) is 0 Å². The van der Waals surface area contributed by atoms with Gasteiger partial charge in [0.05, 0.1) is 12.7 Å². The van der Waals surface area contributed by atoms with Gasteiger partial charge in [-0.3, -0.25) is 14.1 Å². The molecule has 0 bridgehead atoms. The van der Waals surface area contributed by atoms with Gasteiger partial charge in [0, 0.05) is 12.8 Å². The summed E-state index contributed by atoms with van der Waals surface area (Å²) in [7, 11) is -4.79. The predicted molar refractivity (Wildman–Crippen MR) is 208 cm³/mol. The summed E-state index contributed by atoms with van der Waals surface area (Å²) in [5.74, 6) is -1.02. The van der Waals surface area contributed by atoms with Crippen molar-refractivity contribution in [1.82, 2.24) is 0 Å². The van der Waals surface area contributed by atoms with Gasteiger partial charge in [0.15, 0.2) is 6.10 Å². The molecule has 51 heavy (non-hydrogen) atoms. The summed E-state index contributed by atoms with van der Waals surface area (Å²) in [6.45, 7) is 3.38. The molecule has 0 saturated heterocycles. The highest BCUT2D eigenvalue weighted by molar-refractivity contribution is 7.46. The van der Waals surface area contributed by atoms with E-state index in [-0.39, 0.29) is 19.4 Å². The molecule has 0 aromatic carbocycles. The maximum Gasteiger partial charge on any atom is 0.469 e. The van der Waals surface area contributed by atoms with Crippen LogP contribution in [0.25, 0.3) is 0 Å². The second kappa shape index (κ2) is 35.6. The zero-order valence-electron chi connectivity index (χ0n) is 31.3. The highest BCUT2D eigenvalue weighted by atomic mass is 31.2. The topological polar surface area (TPSA) is 140 Å². The number of aliphatic hydroxyl groups is 1. The Hall–Kier alpha value is -2.81. The Morgan fingerprint density at radius 2 is 1.20 bits per heavy atom. The number of rotatable bonds is 33. The number of phosphoric ester groups is 1. The quantitative estimate of drug-likeness (QED) is 0.0198. The number of allylic oxidation sites excluding steroid dienone is 12. The fourth-order valence-corrected chi connectivity index (χ4v) is 5.00. The van der Waals surface area contributed by atoms with E-state index >= 15 is 0 Å². The number of carbonyl (C=O) groups excluding carboxylic acids is 2. The van der Waals surface area contributed by atoms with Crippen molar-refractivity contribution in [3.63, 3.8) is 0 Å². The Labute approximate surface area is 308 Å². The van der Waals surface area contributed by atoms with Gasteiger partial charge in [-0.05, 0) is 77.0 Å². The van der Waals surface area contributed by atoms with Gasteiger partial charge in [0.25, 0.3) is 0 Å². The van der Waals surface area contributed by atoms with Crippen molar-refractivity contribution in [2.75, 3.05) is 13.2 Å². The molecule has 0 aromatic heterocycles. The highest BCUT2D eigenvalue weighted by Crippen LogP contribution is 2.35. The van der Waals surface area contributed by atoms with E-state index in [4.69, 9.17) is 19.3 Å². The van der Waals surface area contributed by atoms with Crippen molar-refractivity contribution < 1.29 is 43.0 Å². The minimum atomic E-state index is -4.79. The maximum atomic E-state index is 12.3. The van der Waals surface area contributed by atoms with Crippen LogP contribution >= 0.6 is 7.82 Å².